The monoisotopic (exact) mass is 193 g/mol. The Morgan fingerprint density at radius 2 is 2.14 bits per heavy atom. The lowest BCUT2D eigenvalue weighted by molar-refractivity contribution is 0.0998. The number of nitrogens with two attached hydrogens (primary N) is 1. The van der Waals surface area contributed by atoms with Crippen LogP contribution in [0.3, 0.4) is 0 Å². The Labute approximate surface area is 83.9 Å². The van der Waals surface area contributed by atoms with Crippen LogP contribution in [-0.2, 0) is 4.74 Å². The molecule has 2 N–H and O–H groups in total. The molecule has 0 bridgehead atoms. The largest absolute Gasteiger partial charge is 0.384 e. The van der Waals surface area contributed by atoms with Crippen molar-refractivity contribution < 1.29 is 9.53 Å². The summed E-state index contributed by atoms with van der Waals surface area (Å²) in [7, 11) is 1.64. The van der Waals surface area contributed by atoms with E-state index in [0.717, 1.165) is 5.56 Å². The molecule has 1 atom stereocenters. The van der Waals surface area contributed by atoms with Crippen molar-refractivity contribution in [3.05, 3.63) is 35.4 Å². The van der Waals surface area contributed by atoms with Crippen molar-refractivity contribution in [2.24, 2.45) is 5.73 Å². The molecule has 0 spiro atoms. The Morgan fingerprint density at radius 1 is 1.50 bits per heavy atom. The van der Waals surface area contributed by atoms with Gasteiger partial charge in [-0.15, -0.1) is 0 Å². The second kappa shape index (κ2) is 4.77. The molecule has 3 nitrogen and oxygen atoms in total. The van der Waals surface area contributed by atoms with Crippen LogP contribution in [0.4, 0.5) is 0 Å². The van der Waals surface area contributed by atoms with Gasteiger partial charge in [-0.3, -0.25) is 4.79 Å². The maximum Gasteiger partial charge on any atom is 0.248 e. The van der Waals surface area contributed by atoms with E-state index in [1.807, 2.05) is 25.1 Å². The lowest BCUT2D eigenvalue weighted by atomic mass is 9.96. The van der Waals surface area contributed by atoms with Gasteiger partial charge in [0.15, 0.2) is 0 Å². The highest BCUT2D eigenvalue weighted by atomic mass is 16.5. The molecule has 0 aliphatic rings. The molecule has 76 valence electrons. The number of amides is 1. The minimum atomic E-state index is -0.386. The highest BCUT2D eigenvalue weighted by Gasteiger charge is 2.12. The van der Waals surface area contributed by atoms with E-state index in [4.69, 9.17) is 10.5 Å². The van der Waals surface area contributed by atoms with E-state index in [1.165, 1.54) is 0 Å². The lowest BCUT2D eigenvalue weighted by Crippen LogP contribution is -2.16. The standard InChI is InChI=1S/C11H15NO2/c1-8(7-14-2)9-5-3-4-6-10(9)11(12)13/h3-6,8H,7H2,1-2H3,(H2,12,13)/t8-/m0/s1. The van der Waals surface area contributed by atoms with Crippen LogP contribution in [0.25, 0.3) is 0 Å². The third kappa shape index (κ3) is 2.33. The Hall–Kier alpha value is -1.35. The van der Waals surface area contributed by atoms with Gasteiger partial charge in [-0.05, 0) is 11.6 Å². The van der Waals surface area contributed by atoms with Crippen molar-refractivity contribution in [3.63, 3.8) is 0 Å². The number of benzene rings is 1. The van der Waals surface area contributed by atoms with E-state index < -0.39 is 0 Å². The van der Waals surface area contributed by atoms with Crippen LogP contribution < -0.4 is 5.73 Å². The van der Waals surface area contributed by atoms with Crippen molar-refractivity contribution in [3.8, 4) is 0 Å². The molecular weight excluding hydrogens is 178 g/mol. The maximum absolute atomic E-state index is 11.1. The van der Waals surface area contributed by atoms with Gasteiger partial charge in [0, 0.05) is 18.6 Å². The Morgan fingerprint density at radius 3 is 2.71 bits per heavy atom. The fourth-order valence-electron chi connectivity index (χ4n) is 1.49. The predicted molar refractivity (Wildman–Crippen MR) is 55.3 cm³/mol. The highest BCUT2D eigenvalue weighted by molar-refractivity contribution is 5.94. The molecule has 0 heterocycles. The maximum atomic E-state index is 11.1. The summed E-state index contributed by atoms with van der Waals surface area (Å²) >= 11 is 0. The topological polar surface area (TPSA) is 52.3 Å². The summed E-state index contributed by atoms with van der Waals surface area (Å²) in [5.74, 6) is -0.202. The molecule has 3 heteroatoms. The molecule has 0 aromatic heterocycles. The first kappa shape index (κ1) is 10.7. The van der Waals surface area contributed by atoms with Gasteiger partial charge in [-0.25, -0.2) is 0 Å². The van der Waals surface area contributed by atoms with Gasteiger partial charge >= 0.3 is 0 Å². The summed E-state index contributed by atoms with van der Waals surface area (Å²) in [5.41, 5.74) is 6.80. The van der Waals surface area contributed by atoms with Gasteiger partial charge < -0.3 is 10.5 Å². The van der Waals surface area contributed by atoms with E-state index >= 15 is 0 Å². The molecule has 14 heavy (non-hydrogen) atoms. The molecule has 0 aliphatic carbocycles. The molecule has 0 fully saturated rings. The van der Waals surface area contributed by atoms with Crippen LogP contribution >= 0.6 is 0 Å². The molecule has 1 rings (SSSR count). The van der Waals surface area contributed by atoms with Crippen molar-refractivity contribution in [1.29, 1.82) is 0 Å². The first-order valence-corrected chi connectivity index (χ1v) is 4.54. The molecule has 0 unspecified atom stereocenters. The zero-order valence-corrected chi connectivity index (χ0v) is 8.49. The SMILES string of the molecule is COC[C@H](C)c1ccccc1C(N)=O. The average molecular weight is 193 g/mol. The summed E-state index contributed by atoms with van der Waals surface area (Å²) in [4.78, 5) is 11.1. The van der Waals surface area contributed by atoms with E-state index in [1.54, 1.807) is 13.2 Å². The second-order valence-corrected chi connectivity index (χ2v) is 3.31. The first-order valence-electron chi connectivity index (χ1n) is 4.54. The number of primary amides is 1. The fourth-order valence-corrected chi connectivity index (χ4v) is 1.49. The number of carbonyl (C=O) groups excluding carboxylic acids is 1. The van der Waals surface area contributed by atoms with Gasteiger partial charge in [0.1, 0.15) is 0 Å². The molecular formula is C11H15NO2. The molecule has 0 saturated heterocycles. The zero-order valence-electron chi connectivity index (χ0n) is 8.49. The smallest absolute Gasteiger partial charge is 0.248 e. The molecule has 1 amide bonds. The third-order valence-corrected chi connectivity index (χ3v) is 2.17. The van der Waals surface area contributed by atoms with Crippen molar-refractivity contribution in [2.45, 2.75) is 12.8 Å². The minimum Gasteiger partial charge on any atom is -0.384 e. The van der Waals surface area contributed by atoms with E-state index in [-0.39, 0.29) is 11.8 Å². The van der Waals surface area contributed by atoms with Crippen LogP contribution in [-0.4, -0.2) is 19.6 Å². The minimum absolute atomic E-state index is 0.184. The number of carbonyl (C=O) groups is 1. The lowest BCUT2D eigenvalue weighted by Gasteiger charge is -2.13. The fraction of sp³-hybridized carbons (Fsp3) is 0.364. The number of hydrogen-bond donors (Lipinski definition) is 1. The van der Waals surface area contributed by atoms with Gasteiger partial charge in [-0.2, -0.15) is 0 Å². The molecule has 1 aromatic rings. The summed E-state index contributed by atoms with van der Waals surface area (Å²) in [6.45, 7) is 2.59. The molecule has 0 saturated carbocycles. The van der Waals surface area contributed by atoms with Gasteiger partial charge in [0.25, 0.3) is 0 Å². The molecule has 0 aliphatic heterocycles. The Kier molecular flexibility index (Phi) is 3.65. The zero-order chi connectivity index (χ0) is 10.6. The average Bonchev–Trinajstić information content (AvgIpc) is 2.18. The number of rotatable bonds is 4. The van der Waals surface area contributed by atoms with Crippen molar-refractivity contribution >= 4 is 5.91 Å². The summed E-state index contributed by atoms with van der Waals surface area (Å²) < 4.78 is 5.04. The number of methoxy groups -OCH3 is 1. The predicted octanol–water partition coefficient (Wildman–Crippen LogP) is 1.54. The normalized spacial score (nSPS) is 12.4. The van der Waals surface area contributed by atoms with Gasteiger partial charge in [0.2, 0.25) is 5.91 Å². The third-order valence-electron chi connectivity index (χ3n) is 2.17. The first-order chi connectivity index (χ1) is 6.66. The highest BCUT2D eigenvalue weighted by Crippen LogP contribution is 2.19. The number of hydrogen-bond acceptors (Lipinski definition) is 2. The van der Waals surface area contributed by atoms with E-state index in [2.05, 4.69) is 0 Å². The summed E-state index contributed by atoms with van der Waals surface area (Å²) in [6.07, 6.45) is 0. The molecule has 0 radical (unpaired) electrons. The van der Waals surface area contributed by atoms with E-state index in [9.17, 15) is 4.79 Å². The number of ether oxygens (including phenoxy) is 1. The van der Waals surface area contributed by atoms with Crippen molar-refractivity contribution in [1.82, 2.24) is 0 Å². The van der Waals surface area contributed by atoms with Crippen LogP contribution in [0.2, 0.25) is 0 Å². The second-order valence-electron chi connectivity index (χ2n) is 3.31. The summed E-state index contributed by atoms with van der Waals surface area (Å²) in [5, 5.41) is 0. The van der Waals surface area contributed by atoms with E-state index in [0.29, 0.717) is 12.2 Å². The van der Waals surface area contributed by atoms with Crippen LogP contribution in [0.15, 0.2) is 24.3 Å². The quantitative estimate of drug-likeness (QED) is 0.788. The summed E-state index contributed by atoms with van der Waals surface area (Å²) in [6, 6.07) is 7.35. The van der Waals surface area contributed by atoms with Gasteiger partial charge in [0.05, 0.1) is 6.61 Å². The van der Waals surface area contributed by atoms with Crippen LogP contribution in [0.5, 0.6) is 0 Å². The molecule has 1 aromatic carbocycles. The van der Waals surface area contributed by atoms with Gasteiger partial charge in [-0.1, -0.05) is 25.1 Å². The van der Waals surface area contributed by atoms with Crippen LogP contribution in [0, 0.1) is 0 Å². The van der Waals surface area contributed by atoms with Crippen LogP contribution in [0.1, 0.15) is 28.8 Å². The Bertz CT molecular complexity index is 323. The van der Waals surface area contributed by atoms with Crippen molar-refractivity contribution in [2.75, 3.05) is 13.7 Å². The Balaban J connectivity index is 3.00.